The third-order valence-corrected chi connectivity index (χ3v) is 6.64. The van der Waals surface area contributed by atoms with Gasteiger partial charge in [0.1, 0.15) is 11.6 Å². The van der Waals surface area contributed by atoms with Crippen LogP contribution in [0.25, 0.3) is 11.4 Å². The number of hydrogen-bond acceptors (Lipinski definition) is 9. The summed E-state index contributed by atoms with van der Waals surface area (Å²) in [5.41, 5.74) is 1.46. The zero-order chi connectivity index (χ0) is 22.2. The molecule has 2 aliphatic rings. The van der Waals surface area contributed by atoms with Gasteiger partial charge in [0.05, 0.1) is 35.7 Å². The third kappa shape index (κ3) is 4.29. The van der Waals surface area contributed by atoms with E-state index in [1.165, 1.54) is 11.5 Å². The maximum Gasteiger partial charge on any atom is 0.306 e. The van der Waals surface area contributed by atoms with E-state index in [2.05, 4.69) is 29.7 Å². The minimum atomic E-state index is -0.752. The number of aryl methyl sites for hydroxylation is 2. The summed E-state index contributed by atoms with van der Waals surface area (Å²) < 4.78 is 12.2. The predicted molar refractivity (Wildman–Crippen MR) is 118 cm³/mol. The second kappa shape index (κ2) is 8.45. The molecule has 0 radical (unpaired) electrons. The number of nitrogens with zero attached hydrogens (tertiary/aromatic N) is 6. The molecule has 3 aromatic heterocycles. The normalized spacial score (nSPS) is 20.8. The molecule has 0 aliphatic heterocycles. The van der Waals surface area contributed by atoms with Gasteiger partial charge < -0.3 is 15.2 Å². The summed E-state index contributed by atoms with van der Waals surface area (Å²) in [7, 11) is 1.85. The van der Waals surface area contributed by atoms with Crippen LogP contribution in [0.4, 0.5) is 10.9 Å². The third-order valence-electron chi connectivity index (χ3n) is 5.99. The van der Waals surface area contributed by atoms with Crippen LogP contribution < -0.4 is 10.1 Å². The molecule has 5 rings (SSSR count). The molecule has 0 aromatic carbocycles. The monoisotopic (exact) mass is 455 g/mol. The zero-order valence-corrected chi connectivity index (χ0v) is 18.8. The Morgan fingerprint density at radius 2 is 2.09 bits per heavy atom. The van der Waals surface area contributed by atoms with Crippen LogP contribution in [-0.2, 0) is 11.8 Å². The van der Waals surface area contributed by atoms with E-state index >= 15 is 0 Å². The molecule has 0 amide bonds. The number of aromatic nitrogens is 6. The van der Waals surface area contributed by atoms with Crippen LogP contribution in [-0.4, -0.2) is 46.3 Å². The van der Waals surface area contributed by atoms with Crippen LogP contribution in [0.15, 0.2) is 12.4 Å². The average Bonchev–Trinajstić information content (AvgIpc) is 3.42. The first-order chi connectivity index (χ1) is 15.5. The van der Waals surface area contributed by atoms with Crippen molar-refractivity contribution in [3.05, 3.63) is 23.9 Å². The molecule has 0 saturated heterocycles. The van der Waals surface area contributed by atoms with Crippen molar-refractivity contribution in [2.24, 2.45) is 13.0 Å². The van der Waals surface area contributed by atoms with Gasteiger partial charge in [0.15, 0.2) is 11.6 Å². The minimum Gasteiger partial charge on any atom is -0.487 e. The number of ether oxygens (including phenoxy) is 1. The molecule has 32 heavy (non-hydrogen) atoms. The number of carboxylic acids is 1. The second-order valence-electron chi connectivity index (χ2n) is 8.47. The summed E-state index contributed by atoms with van der Waals surface area (Å²) in [4.78, 5) is 25.1. The minimum absolute atomic E-state index is 0.133. The Morgan fingerprint density at radius 3 is 2.84 bits per heavy atom. The number of carboxylic acid groups (broad SMARTS) is 1. The van der Waals surface area contributed by atoms with Gasteiger partial charge in [0.2, 0.25) is 5.13 Å². The SMILES string of the molecule is Cc1nc(-c2cnn(C)c2Nc2nc(C3CC3)ns2)ncc1OC1CCC[C@H](C(=O)O)C1. The highest BCUT2D eigenvalue weighted by atomic mass is 32.1. The van der Waals surface area contributed by atoms with Crippen LogP contribution in [0.5, 0.6) is 5.75 Å². The molecule has 0 spiro atoms. The Morgan fingerprint density at radius 1 is 1.25 bits per heavy atom. The molecule has 10 nitrogen and oxygen atoms in total. The molecular formula is C21H25N7O3S. The Balaban J connectivity index is 1.33. The van der Waals surface area contributed by atoms with Crippen LogP contribution in [0.1, 0.15) is 56.0 Å². The number of hydrogen-bond donors (Lipinski definition) is 2. The van der Waals surface area contributed by atoms with Crippen LogP contribution in [0.3, 0.4) is 0 Å². The molecular weight excluding hydrogens is 430 g/mol. The van der Waals surface area contributed by atoms with Crippen LogP contribution >= 0.6 is 11.5 Å². The number of aliphatic carboxylic acids is 1. The fourth-order valence-electron chi connectivity index (χ4n) is 4.00. The molecule has 3 aromatic rings. The van der Waals surface area contributed by atoms with Crippen molar-refractivity contribution in [1.29, 1.82) is 0 Å². The number of rotatable bonds is 7. The van der Waals surface area contributed by atoms with Gasteiger partial charge in [-0.1, -0.05) is 0 Å². The largest absolute Gasteiger partial charge is 0.487 e. The molecule has 2 atom stereocenters. The zero-order valence-electron chi connectivity index (χ0n) is 18.0. The fraction of sp³-hybridized carbons (Fsp3) is 0.524. The molecule has 2 aliphatic carbocycles. The van der Waals surface area contributed by atoms with E-state index in [9.17, 15) is 9.90 Å². The molecule has 2 N–H and O–H groups in total. The second-order valence-corrected chi connectivity index (χ2v) is 9.22. The van der Waals surface area contributed by atoms with Crippen LogP contribution in [0.2, 0.25) is 0 Å². The topological polar surface area (TPSA) is 128 Å². The highest BCUT2D eigenvalue weighted by Crippen LogP contribution is 2.40. The maximum atomic E-state index is 11.3. The van der Waals surface area contributed by atoms with Crippen molar-refractivity contribution in [3.63, 3.8) is 0 Å². The van der Waals surface area contributed by atoms with Crippen molar-refractivity contribution in [1.82, 2.24) is 29.1 Å². The highest BCUT2D eigenvalue weighted by Gasteiger charge is 2.29. The lowest BCUT2D eigenvalue weighted by atomic mass is 9.87. The first-order valence-corrected chi connectivity index (χ1v) is 11.6. The molecule has 0 bridgehead atoms. The van der Waals surface area contributed by atoms with E-state index in [0.29, 0.717) is 36.0 Å². The summed E-state index contributed by atoms with van der Waals surface area (Å²) in [5.74, 6) is 2.17. The van der Waals surface area contributed by atoms with Crippen molar-refractivity contribution < 1.29 is 14.6 Å². The first kappa shape index (κ1) is 20.8. The number of carbonyl (C=O) groups is 1. The van der Waals surface area contributed by atoms with Gasteiger partial charge >= 0.3 is 5.97 Å². The van der Waals surface area contributed by atoms with Gasteiger partial charge in [-0.05, 0) is 45.4 Å². The Hall–Kier alpha value is -3.08. The van der Waals surface area contributed by atoms with E-state index in [0.717, 1.165) is 48.0 Å². The van der Waals surface area contributed by atoms with Crippen molar-refractivity contribution >= 4 is 28.5 Å². The van der Waals surface area contributed by atoms with Gasteiger partial charge in [-0.15, -0.1) is 0 Å². The van der Waals surface area contributed by atoms with Crippen molar-refractivity contribution in [2.75, 3.05) is 5.32 Å². The summed E-state index contributed by atoms with van der Waals surface area (Å²) >= 11 is 1.34. The molecule has 2 fully saturated rings. The van der Waals surface area contributed by atoms with E-state index < -0.39 is 5.97 Å². The van der Waals surface area contributed by atoms with E-state index in [1.807, 2.05) is 14.0 Å². The Kier molecular flexibility index (Phi) is 5.50. The van der Waals surface area contributed by atoms with E-state index in [4.69, 9.17) is 4.74 Å². The molecule has 1 unspecified atom stereocenters. The van der Waals surface area contributed by atoms with Gasteiger partial charge in [-0.3, -0.25) is 9.48 Å². The van der Waals surface area contributed by atoms with Gasteiger partial charge in [-0.2, -0.15) is 9.47 Å². The van der Waals surface area contributed by atoms with Gasteiger partial charge in [0, 0.05) is 24.5 Å². The van der Waals surface area contributed by atoms with Crippen molar-refractivity contribution in [3.8, 4) is 17.1 Å². The highest BCUT2D eigenvalue weighted by molar-refractivity contribution is 7.09. The maximum absolute atomic E-state index is 11.3. The smallest absolute Gasteiger partial charge is 0.306 e. The Bertz CT molecular complexity index is 1140. The Labute approximate surface area is 189 Å². The number of anilines is 2. The molecule has 3 heterocycles. The van der Waals surface area contributed by atoms with E-state index in [-0.39, 0.29) is 12.0 Å². The molecule has 2 saturated carbocycles. The van der Waals surface area contributed by atoms with Crippen LogP contribution in [0, 0.1) is 12.8 Å². The van der Waals surface area contributed by atoms with Gasteiger partial charge in [0.25, 0.3) is 0 Å². The van der Waals surface area contributed by atoms with Gasteiger partial charge in [-0.25, -0.2) is 15.0 Å². The molecule has 11 heteroatoms. The van der Waals surface area contributed by atoms with Crippen molar-refractivity contribution in [2.45, 2.75) is 57.5 Å². The fourth-order valence-corrected chi connectivity index (χ4v) is 4.65. The quantitative estimate of drug-likeness (QED) is 0.548. The summed E-state index contributed by atoms with van der Waals surface area (Å²) in [6, 6.07) is 0. The predicted octanol–water partition coefficient (Wildman–Crippen LogP) is 3.68. The average molecular weight is 456 g/mol. The summed E-state index contributed by atoms with van der Waals surface area (Å²) in [6.45, 7) is 1.87. The van der Waals surface area contributed by atoms with E-state index in [1.54, 1.807) is 17.1 Å². The first-order valence-electron chi connectivity index (χ1n) is 10.8. The summed E-state index contributed by atoms with van der Waals surface area (Å²) in [5, 5.41) is 17.7. The molecule has 168 valence electrons. The lowest BCUT2D eigenvalue weighted by Gasteiger charge is -2.27. The lowest BCUT2D eigenvalue weighted by Crippen LogP contribution is -2.29. The summed E-state index contributed by atoms with van der Waals surface area (Å²) in [6.07, 6.45) is 8.47. The lowest BCUT2D eigenvalue weighted by molar-refractivity contribution is -0.143. The standard InChI is InChI=1S/C21H25N7O3S/c1-11-16(31-14-5-3-4-13(8-14)20(29)30)10-22-18(24-11)15-9-23-28(2)19(15)26-21-25-17(27-32-21)12-6-7-12/h9-10,12-14H,3-8H2,1-2H3,(H,29,30)(H,25,26,27)/t13-,14?/m0/s1. The number of nitrogens with one attached hydrogen (secondary N) is 1.